The van der Waals surface area contributed by atoms with Crippen molar-refractivity contribution in [3.05, 3.63) is 66.0 Å². The molecule has 0 aliphatic carbocycles. The van der Waals surface area contributed by atoms with Crippen LogP contribution < -0.4 is 0 Å². The van der Waals surface area contributed by atoms with Crippen LogP contribution in [0.4, 0.5) is 8.78 Å². The molecular formula is C23H26F2N6OS3. The predicted molar refractivity (Wildman–Crippen MR) is 144 cm³/mol. The molecule has 2 fully saturated rings. The number of hydrogen-bond donors (Lipinski definition) is 0. The molecule has 186 valence electrons. The summed E-state index contributed by atoms with van der Waals surface area (Å²) in [6.45, 7) is 0. The Kier molecular flexibility index (Phi) is 8.28. The molecule has 0 saturated carbocycles. The molecule has 0 spiro atoms. The van der Waals surface area contributed by atoms with Gasteiger partial charge in [0, 0.05) is 41.3 Å². The Hall–Kier alpha value is -2.44. The Balaban J connectivity index is 0.00000114. The van der Waals surface area contributed by atoms with Gasteiger partial charge in [-0.25, -0.2) is 18.3 Å². The van der Waals surface area contributed by atoms with E-state index in [1.54, 1.807) is 16.9 Å². The molecule has 3 atom stereocenters. The second-order valence-corrected chi connectivity index (χ2v) is 8.51. The van der Waals surface area contributed by atoms with Gasteiger partial charge in [0.25, 0.3) is 18.1 Å². The van der Waals surface area contributed by atoms with Gasteiger partial charge in [-0.15, -0.1) is 0 Å². The van der Waals surface area contributed by atoms with Gasteiger partial charge >= 0.3 is 0 Å². The van der Waals surface area contributed by atoms with Crippen LogP contribution in [0.1, 0.15) is 59.8 Å². The first kappa shape index (κ1) is 27.2. The highest BCUT2D eigenvalue weighted by molar-refractivity contribution is 7.59. The highest BCUT2D eigenvalue weighted by atomic mass is 32.1. The van der Waals surface area contributed by atoms with Crippen LogP contribution in [-0.2, 0) is 0 Å². The van der Waals surface area contributed by atoms with Gasteiger partial charge in [-0.3, -0.25) is 9.78 Å². The molecule has 4 aromatic rings. The maximum atomic E-state index is 13.6. The molecule has 6 rings (SSSR count). The van der Waals surface area contributed by atoms with Crippen molar-refractivity contribution in [2.45, 2.75) is 50.1 Å². The molecule has 0 radical (unpaired) electrons. The monoisotopic (exact) mass is 536 g/mol. The Morgan fingerprint density at radius 1 is 1.00 bits per heavy atom. The van der Waals surface area contributed by atoms with Crippen LogP contribution >= 0.6 is 40.5 Å². The second kappa shape index (κ2) is 10.7. The average Bonchev–Trinajstić information content (AvgIpc) is 3.40. The molecule has 3 aromatic heterocycles. The number of carbonyl (C=O) groups excluding carboxylic acids is 1. The van der Waals surface area contributed by atoms with Crippen LogP contribution in [0.2, 0.25) is 0 Å². The lowest BCUT2D eigenvalue weighted by Gasteiger charge is -2.40. The molecule has 2 bridgehead atoms. The lowest BCUT2D eigenvalue weighted by molar-refractivity contribution is 0.0554. The number of nitrogens with zero attached hydrogens (tertiary/aromatic N) is 6. The molecule has 5 heterocycles. The minimum Gasteiger partial charge on any atom is -0.332 e. The number of pyridine rings is 1. The number of fused-ring (bicyclic) bond motifs is 4. The van der Waals surface area contributed by atoms with Crippen LogP contribution in [0, 0.1) is 0 Å². The number of benzene rings is 1. The first-order chi connectivity index (χ1) is 15.6. The minimum absolute atomic E-state index is 0. The van der Waals surface area contributed by atoms with Crippen molar-refractivity contribution in [1.29, 1.82) is 0 Å². The molecule has 1 amide bonds. The van der Waals surface area contributed by atoms with E-state index in [-0.39, 0.29) is 75.9 Å². The number of rotatable bonds is 3. The summed E-state index contributed by atoms with van der Waals surface area (Å²) < 4.78 is 28.5. The zero-order valence-electron chi connectivity index (χ0n) is 18.6. The normalized spacial score (nSPS) is 20.9. The summed E-state index contributed by atoms with van der Waals surface area (Å²) >= 11 is 0. The number of aromatic nitrogens is 5. The van der Waals surface area contributed by atoms with E-state index in [9.17, 15) is 13.6 Å². The van der Waals surface area contributed by atoms with Gasteiger partial charge in [0.05, 0.1) is 5.69 Å². The summed E-state index contributed by atoms with van der Waals surface area (Å²) in [6.07, 6.45) is 5.51. The van der Waals surface area contributed by atoms with Crippen molar-refractivity contribution in [1.82, 2.24) is 29.5 Å². The van der Waals surface area contributed by atoms with Crippen LogP contribution in [0.25, 0.3) is 16.6 Å². The van der Waals surface area contributed by atoms with Gasteiger partial charge in [0.2, 0.25) is 0 Å². The van der Waals surface area contributed by atoms with Crippen molar-refractivity contribution in [3.8, 4) is 0 Å². The fraction of sp³-hybridized carbons (Fsp3) is 0.348. The number of hydrogen-bond acceptors (Lipinski definition) is 5. The van der Waals surface area contributed by atoms with Gasteiger partial charge in [-0.05, 0) is 55.3 Å². The zero-order valence-corrected chi connectivity index (χ0v) is 21.6. The van der Waals surface area contributed by atoms with Crippen LogP contribution in [0.15, 0.2) is 49.1 Å². The first-order valence-corrected chi connectivity index (χ1v) is 10.8. The quantitative estimate of drug-likeness (QED) is 0.385. The third-order valence-electron chi connectivity index (χ3n) is 6.85. The fourth-order valence-corrected chi connectivity index (χ4v) is 5.41. The van der Waals surface area contributed by atoms with Gasteiger partial charge in [-0.2, -0.15) is 50.6 Å². The summed E-state index contributed by atoms with van der Waals surface area (Å²) in [7, 11) is 0. The molecule has 7 nitrogen and oxygen atoms in total. The SMILES string of the molecule is O=C(c1ccc2cnccc2c1)N1[C@H]2CC[C@H](c3cc(C(F)F)nc4ncnn34)[C@@H]1CC2.S.S.S. The van der Waals surface area contributed by atoms with Crippen molar-refractivity contribution < 1.29 is 13.6 Å². The third-order valence-corrected chi connectivity index (χ3v) is 6.85. The van der Waals surface area contributed by atoms with E-state index in [2.05, 4.69) is 20.1 Å². The number of piperidine rings is 1. The van der Waals surface area contributed by atoms with E-state index in [1.807, 2.05) is 29.2 Å². The number of amides is 1. The average molecular weight is 537 g/mol. The van der Waals surface area contributed by atoms with Crippen LogP contribution in [0.3, 0.4) is 0 Å². The molecule has 0 unspecified atom stereocenters. The standard InChI is InChI=1S/C23H20F2N6O.3H2S/c24-21(25)18-10-20(31-23(29-18)27-12-28-31)17-5-3-16-4-6-19(17)30(16)22(32)14-1-2-15-11-26-8-7-13(15)9-14;;;/h1-2,7-12,16-17,19,21H,3-6H2;3*1H2/t16-,17-,19-;;;/m0.../s1. The summed E-state index contributed by atoms with van der Waals surface area (Å²) in [5.41, 5.74) is 0.979. The highest BCUT2D eigenvalue weighted by Crippen LogP contribution is 2.45. The molecule has 2 saturated heterocycles. The molecule has 2 aliphatic rings. The molecule has 12 heteroatoms. The van der Waals surface area contributed by atoms with Gasteiger partial charge in [-0.1, -0.05) is 6.07 Å². The minimum atomic E-state index is -2.69. The van der Waals surface area contributed by atoms with Crippen molar-refractivity contribution in [2.75, 3.05) is 0 Å². The van der Waals surface area contributed by atoms with Crippen molar-refractivity contribution in [2.24, 2.45) is 0 Å². The Labute approximate surface area is 221 Å². The number of halogens is 2. The fourth-order valence-electron chi connectivity index (χ4n) is 5.41. The van der Waals surface area contributed by atoms with Gasteiger partial charge in [0.15, 0.2) is 0 Å². The van der Waals surface area contributed by atoms with Crippen molar-refractivity contribution in [3.63, 3.8) is 0 Å². The summed E-state index contributed by atoms with van der Waals surface area (Å²) in [5, 5.41) is 6.17. The number of alkyl halides is 2. The topological polar surface area (TPSA) is 76.3 Å². The maximum Gasteiger partial charge on any atom is 0.280 e. The molecule has 0 N–H and O–H groups in total. The lowest BCUT2D eigenvalue weighted by atomic mass is 9.86. The molecule has 1 aromatic carbocycles. The zero-order chi connectivity index (χ0) is 21.8. The lowest BCUT2D eigenvalue weighted by Crippen LogP contribution is -2.47. The van der Waals surface area contributed by atoms with E-state index in [4.69, 9.17) is 0 Å². The molecule has 2 aliphatic heterocycles. The second-order valence-electron chi connectivity index (χ2n) is 8.51. The van der Waals surface area contributed by atoms with Crippen LogP contribution in [-0.4, -0.2) is 47.5 Å². The Bertz CT molecular complexity index is 1350. The van der Waals surface area contributed by atoms with E-state index < -0.39 is 6.43 Å². The summed E-state index contributed by atoms with van der Waals surface area (Å²) in [5.74, 6) is 0.0462. The number of carbonyl (C=O) groups is 1. The largest absolute Gasteiger partial charge is 0.332 e. The maximum absolute atomic E-state index is 13.6. The third kappa shape index (κ3) is 4.58. The van der Waals surface area contributed by atoms with Crippen LogP contribution in [0.5, 0.6) is 0 Å². The predicted octanol–water partition coefficient (Wildman–Crippen LogP) is 4.50. The highest BCUT2D eigenvalue weighted by Gasteiger charge is 2.46. The van der Waals surface area contributed by atoms with Gasteiger partial charge < -0.3 is 4.90 Å². The Morgan fingerprint density at radius 2 is 1.80 bits per heavy atom. The van der Waals surface area contributed by atoms with E-state index in [0.717, 1.165) is 36.5 Å². The van der Waals surface area contributed by atoms with E-state index in [0.29, 0.717) is 11.3 Å². The molecular weight excluding hydrogens is 510 g/mol. The molecule has 35 heavy (non-hydrogen) atoms. The first-order valence-electron chi connectivity index (χ1n) is 10.8. The summed E-state index contributed by atoms with van der Waals surface area (Å²) in [6, 6.07) is 9.07. The summed E-state index contributed by atoms with van der Waals surface area (Å²) in [4.78, 5) is 27.7. The smallest absolute Gasteiger partial charge is 0.280 e. The Morgan fingerprint density at radius 3 is 2.60 bits per heavy atom. The van der Waals surface area contributed by atoms with Crippen molar-refractivity contribution >= 4 is 62.9 Å². The van der Waals surface area contributed by atoms with Gasteiger partial charge in [0.1, 0.15) is 12.0 Å². The van der Waals surface area contributed by atoms with E-state index >= 15 is 0 Å². The van der Waals surface area contributed by atoms with E-state index in [1.165, 1.54) is 12.4 Å².